The molecule has 0 saturated carbocycles. The summed E-state index contributed by atoms with van der Waals surface area (Å²) in [7, 11) is 0. The molecule has 0 fully saturated rings. The van der Waals surface area contributed by atoms with Crippen molar-refractivity contribution in [3.63, 3.8) is 0 Å². The fourth-order valence-corrected chi connectivity index (χ4v) is 2.10. The number of nitrogens with two attached hydrogens (primary N) is 1. The molecule has 0 radical (unpaired) electrons. The Morgan fingerprint density at radius 1 is 1.33 bits per heavy atom. The maximum atomic E-state index is 11.8. The summed E-state index contributed by atoms with van der Waals surface area (Å²) in [6, 6.07) is 5.54. The van der Waals surface area contributed by atoms with Crippen molar-refractivity contribution in [1.82, 2.24) is 4.98 Å². The number of carbonyl (C=O) groups excluding carboxylic acids is 1. The fourth-order valence-electron chi connectivity index (χ4n) is 2.10. The first-order valence-electron chi connectivity index (χ1n) is 7.50. The summed E-state index contributed by atoms with van der Waals surface area (Å²) in [6.07, 6.45) is 3.35. The maximum absolute atomic E-state index is 11.8. The van der Waals surface area contributed by atoms with Gasteiger partial charge in [-0.05, 0) is 37.6 Å². The lowest BCUT2D eigenvalue weighted by atomic mass is 10.2. The van der Waals surface area contributed by atoms with Crippen LogP contribution in [0.15, 0.2) is 22.6 Å². The number of carbonyl (C=O) groups is 1. The third-order valence-electron chi connectivity index (χ3n) is 3.29. The molecule has 0 aliphatic rings. The Bertz CT molecular complexity index is 605. The maximum Gasteiger partial charge on any atom is 0.224 e. The van der Waals surface area contributed by atoms with E-state index in [1.54, 1.807) is 0 Å². The van der Waals surface area contributed by atoms with Gasteiger partial charge in [0.1, 0.15) is 5.52 Å². The zero-order chi connectivity index (χ0) is 15.2. The molecule has 1 heterocycles. The second-order valence-electron chi connectivity index (χ2n) is 5.54. The van der Waals surface area contributed by atoms with Gasteiger partial charge in [0.05, 0.1) is 0 Å². The summed E-state index contributed by atoms with van der Waals surface area (Å²) >= 11 is 0. The number of benzene rings is 1. The van der Waals surface area contributed by atoms with Gasteiger partial charge in [0, 0.05) is 18.0 Å². The van der Waals surface area contributed by atoms with Crippen molar-refractivity contribution in [2.24, 2.45) is 5.73 Å². The zero-order valence-electron chi connectivity index (χ0n) is 12.7. The largest absolute Gasteiger partial charge is 0.440 e. The van der Waals surface area contributed by atoms with Crippen molar-refractivity contribution in [1.29, 1.82) is 0 Å². The van der Waals surface area contributed by atoms with Crippen LogP contribution in [0, 0.1) is 0 Å². The van der Waals surface area contributed by atoms with Gasteiger partial charge in [-0.25, -0.2) is 4.98 Å². The minimum Gasteiger partial charge on any atom is -0.440 e. The molecule has 0 unspecified atom stereocenters. The molecule has 5 nitrogen and oxygen atoms in total. The molecule has 2 aromatic rings. The number of oxazole rings is 1. The highest BCUT2D eigenvalue weighted by molar-refractivity contribution is 5.92. The normalized spacial score (nSPS) is 11.2. The van der Waals surface area contributed by atoms with Crippen molar-refractivity contribution in [2.75, 3.05) is 11.9 Å². The third-order valence-corrected chi connectivity index (χ3v) is 3.29. The van der Waals surface area contributed by atoms with Gasteiger partial charge in [-0.3, -0.25) is 4.79 Å². The van der Waals surface area contributed by atoms with Crippen molar-refractivity contribution in [3.05, 3.63) is 24.1 Å². The van der Waals surface area contributed by atoms with Gasteiger partial charge in [0.15, 0.2) is 11.5 Å². The van der Waals surface area contributed by atoms with Crippen LogP contribution < -0.4 is 11.1 Å². The molecular formula is C16H23N3O2. The van der Waals surface area contributed by atoms with E-state index in [1.165, 1.54) is 0 Å². The molecule has 2 rings (SSSR count). The number of fused-ring (bicyclic) bond motifs is 1. The zero-order valence-corrected chi connectivity index (χ0v) is 12.7. The summed E-state index contributed by atoms with van der Waals surface area (Å²) in [5, 5.41) is 2.90. The monoisotopic (exact) mass is 289 g/mol. The molecule has 0 aliphatic carbocycles. The van der Waals surface area contributed by atoms with E-state index in [2.05, 4.69) is 10.3 Å². The molecule has 3 N–H and O–H groups in total. The van der Waals surface area contributed by atoms with E-state index in [1.807, 2.05) is 32.0 Å². The Morgan fingerprint density at radius 2 is 2.14 bits per heavy atom. The van der Waals surface area contributed by atoms with Crippen LogP contribution in [-0.4, -0.2) is 17.4 Å². The van der Waals surface area contributed by atoms with E-state index < -0.39 is 0 Å². The van der Waals surface area contributed by atoms with E-state index in [4.69, 9.17) is 10.2 Å². The molecule has 0 atom stereocenters. The molecule has 1 amide bonds. The highest BCUT2D eigenvalue weighted by Gasteiger charge is 2.10. The van der Waals surface area contributed by atoms with E-state index in [9.17, 15) is 4.79 Å². The van der Waals surface area contributed by atoms with Crippen molar-refractivity contribution >= 4 is 22.7 Å². The third kappa shape index (κ3) is 4.29. The summed E-state index contributed by atoms with van der Waals surface area (Å²) < 4.78 is 5.65. The quantitative estimate of drug-likeness (QED) is 0.765. The Morgan fingerprint density at radius 3 is 2.86 bits per heavy atom. The second kappa shape index (κ2) is 7.22. The molecule has 0 spiro atoms. The van der Waals surface area contributed by atoms with Gasteiger partial charge < -0.3 is 15.5 Å². The Kier molecular flexibility index (Phi) is 5.33. The lowest BCUT2D eigenvalue weighted by Gasteiger charge is -2.04. The molecule has 114 valence electrons. The van der Waals surface area contributed by atoms with Crippen molar-refractivity contribution in [3.8, 4) is 0 Å². The first kappa shape index (κ1) is 15.5. The van der Waals surface area contributed by atoms with E-state index >= 15 is 0 Å². The molecule has 21 heavy (non-hydrogen) atoms. The van der Waals surface area contributed by atoms with E-state index in [0.29, 0.717) is 13.0 Å². The fraction of sp³-hybridized carbons (Fsp3) is 0.500. The van der Waals surface area contributed by atoms with Crippen LogP contribution >= 0.6 is 0 Å². The van der Waals surface area contributed by atoms with Crippen LogP contribution in [0.5, 0.6) is 0 Å². The lowest BCUT2D eigenvalue weighted by molar-refractivity contribution is -0.116. The molecular weight excluding hydrogens is 266 g/mol. The SMILES string of the molecule is CC(C)c1nc2cc(NC(=O)CCCCCN)ccc2o1. The summed E-state index contributed by atoms with van der Waals surface area (Å²) in [6.45, 7) is 4.76. The second-order valence-corrected chi connectivity index (χ2v) is 5.54. The number of anilines is 1. The summed E-state index contributed by atoms with van der Waals surface area (Å²) in [5.74, 6) is 0.993. The van der Waals surface area contributed by atoms with Crippen LogP contribution in [0.25, 0.3) is 11.1 Å². The minimum atomic E-state index is 0.0268. The molecule has 5 heteroatoms. The number of rotatable bonds is 7. The predicted octanol–water partition coefficient (Wildman–Crippen LogP) is 3.41. The van der Waals surface area contributed by atoms with Gasteiger partial charge >= 0.3 is 0 Å². The number of amides is 1. The van der Waals surface area contributed by atoms with Crippen molar-refractivity contribution < 1.29 is 9.21 Å². The number of hydrogen-bond acceptors (Lipinski definition) is 4. The number of nitrogens with one attached hydrogen (secondary N) is 1. The topological polar surface area (TPSA) is 81.2 Å². The number of unbranched alkanes of at least 4 members (excludes halogenated alkanes) is 2. The summed E-state index contributed by atoms with van der Waals surface area (Å²) in [5.41, 5.74) is 7.71. The molecule has 1 aromatic heterocycles. The average Bonchev–Trinajstić information content (AvgIpc) is 2.87. The van der Waals surface area contributed by atoms with Crippen molar-refractivity contribution in [2.45, 2.75) is 45.4 Å². The standard InChI is InChI=1S/C16H23N3O2/c1-11(2)16-19-13-10-12(7-8-14(13)21-16)18-15(20)6-4-3-5-9-17/h7-8,10-11H,3-6,9,17H2,1-2H3,(H,18,20). The van der Waals surface area contributed by atoms with Gasteiger partial charge in [-0.2, -0.15) is 0 Å². The highest BCUT2D eigenvalue weighted by Crippen LogP contribution is 2.23. The Balaban J connectivity index is 1.97. The van der Waals surface area contributed by atoms with Gasteiger partial charge in [-0.15, -0.1) is 0 Å². The highest BCUT2D eigenvalue weighted by atomic mass is 16.3. The molecule has 0 aliphatic heterocycles. The smallest absolute Gasteiger partial charge is 0.224 e. The first-order chi connectivity index (χ1) is 10.1. The molecule has 1 aromatic carbocycles. The lowest BCUT2D eigenvalue weighted by Crippen LogP contribution is -2.11. The first-order valence-corrected chi connectivity index (χ1v) is 7.50. The number of nitrogens with zero attached hydrogens (tertiary/aromatic N) is 1. The van der Waals surface area contributed by atoms with Crippen LogP contribution in [0.2, 0.25) is 0 Å². The average molecular weight is 289 g/mol. The number of hydrogen-bond donors (Lipinski definition) is 2. The summed E-state index contributed by atoms with van der Waals surface area (Å²) in [4.78, 5) is 16.3. The molecule has 0 saturated heterocycles. The number of aromatic nitrogens is 1. The Hall–Kier alpha value is -1.88. The van der Waals surface area contributed by atoms with Crippen LogP contribution in [0.1, 0.15) is 51.3 Å². The molecule has 0 bridgehead atoms. The van der Waals surface area contributed by atoms with E-state index in [0.717, 1.165) is 41.9 Å². The van der Waals surface area contributed by atoms with Crippen LogP contribution in [-0.2, 0) is 4.79 Å². The van der Waals surface area contributed by atoms with Crippen LogP contribution in [0.4, 0.5) is 5.69 Å². The van der Waals surface area contributed by atoms with E-state index in [-0.39, 0.29) is 11.8 Å². The predicted molar refractivity (Wildman–Crippen MR) is 84.3 cm³/mol. The van der Waals surface area contributed by atoms with Crippen LogP contribution in [0.3, 0.4) is 0 Å². The van der Waals surface area contributed by atoms with Gasteiger partial charge in [-0.1, -0.05) is 20.3 Å². The van der Waals surface area contributed by atoms with Gasteiger partial charge in [0.25, 0.3) is 0 Å². The minimum absolute atomic E-state index is 0.0268. The van der Waals surface area contributed by atoms with Gasteiger partial charge in [0.2, 0.25) is 5.91 Å². The Labute approximate surface area is 124 Å².